The first-order chi connectivity index (χ1) is 20.0. The van der Waals surface area contributed by atoms with Crippen LogP contribution in [0.3, 0.4) is 0 Å². The first-order valence-electron chi connectivity index (χ1n) is 13.7. The molecule has 2 aromatic rings. The second-order valence-corrected chi connectivity index (χ2v) is 10.2. The van der Waals surface area contributed by atoms with E-state index in [9.17, 15) is 34.2 Å². The van der Waals surface area contributed by atoms with Gasteiger partial charge in [0.2, 0.25) is 11.8 Å². The molecule has 0 saturated heterocycles. The van der Waals surface area contributed by atoms with Crippen LogP contribution in [-0.4, -0.2) is 69.7 Å². The first kappa shape index (κ1) is 31.7. The fourth-order valence-electron chi connectivity index (χ4n) is 4.80. The lowest BCUT2D eigenvalue weighted by Gasteiger charge is -2.36. The fraction of sp³-hybridized carbons (Fsp3) is 0.414. The third kappa shape index (κ3) is 9.11. The highest BCUT2D eigenvalue weighted by molar-refractivity contribution is 5.99. The van der Waals surface area contributed by atoms with E-state index in [1.165, 1.54) is 12.1 Å². The van der Waals surface area contributed by atoms with Crippen LogP contribution >= 0.6 is 0 Å². The summed E-state index contributed by atoms with van der Waals surface area (Å²) in [6, 6.07) is 8.36. The van der Waals surface area contributed by atoms with Crippen molar-refractivity contribution in [3.8, 4) is 17.2 Å². The Balaban J connectivity index is 1.61. The van der Waals surface area contributed by atoms with E-state index in [0.717, 1.165) is 37.5 Å². The van der Waals surface area contributed by atoms with E-state index in [1.807, 2.05) is 0 Å². The van der Waals surface area contributed by atoms with Gasteiger partial charge >= 0.3 is 5.97 Å². The molecule has 42 heavy (non-hydrogen) atoms. The summed E-state index contributed by atoms with van der Waals surface area (Å²) in [6.45, 7) is -0.295. The minimum Gasteiger partial charge on any atom is -0.508 e. The number of amides is 4. The van der Waals surface area contributed by atoms with Crippen molar-refractivity contribution in [1.29, 1.82) is 0 Å². The Morgan fingerprint density at radius 1 is 0.905 bits per heavy atom. The van der Waals surface area contributed by atoms with E-state index in [2.05, 4.69) is 16.0 Å². The summed E-state index contributed by atoms with van der Waals surface area (Å²) in [4.78, 5) is 61.8. The Hall–Kier alpha value is -4.81. The molecule has 0 bridgehead atoms. The van der Waals surface area contributed by atoms with Gasteiger partial charge in [-0.05, 0) is 62.4 Å². The van der Waals surface area contributed by atoms with Crippen molar-refractivity contribution in [2.75, 3.05) is 13.2 Å². The summed E-state index contributed by atoms with van der Waals surface area (Å²) in [6.07, 6.45) is 4.13. The van der Waals surface area contributed by atoms with Crippen molar-refractivity contribution in [1.82, 2.24) is 16.0 Å². The highest BCUT2D eigenvalue weighted by Crippen LogP contribution is 2.28. The third-order valence-corrected chi connectivity index (χ3v) is 6.99. The van der Waals surface area contributed by atoms with Gasteiger partial charge in [-0.1, -0.05) is 25.3 Å². The highest BCUT2D eigenvalue weighted by Gasteiger charge is 2.40. The molecule has 0 heterocycles. The SMILES string of the molecule is NC(=O)C1(NC(=O)[C@H](CCCCNC(=O)c2cccc(OCC(=O)O)c2)NC(=O)c2cc(O)cc(O)c2)CCCCC1. The molecule has 1 aliphatic rings. The number of carbonyl (C=O) groups is 5. The predicted octanol–water partition coefficient (Wildman–Crippen LogP) is 1.56. The van der Waals surface area contributed by atoms with Gasteiger partial charge in [0.25, 0.3) is 11.8 Å². The maximum atomic E-state index is 13.4. The lowest BCUT2D eigenvalue weighted by Crippen LogP contribution is -2.62. The summed E-state index contributed by atoms with van der Waals surface area (Å²) in [5.41, 5.74) is 4.67. The number of hydrogen-bond donors (Lipinski definition) is 7. The van der Waals surface area contributed by atoms with Gasteiger partial charge in [-0.25, -0.2) is 4.79 Å². The normalized spacial score (nSPS) is 14.7. The topological polar surface area (TPSA) is 217 Å². The number of aliphatic carboxylic acids is 1. The Morgan fingerprint density at radius 2 is 1.60 bits per heavy atom. The molecule has 1 saturated carbocycles. The molecular weight excluding hydrogens is 548 g/mol. The average Bonchev–Trinajstić information content (AvgIpc) is 2.95. The first-order valence-corrected chi connectivity index (χ1v) is 13.7. The van der Waals surface area contributed by atoms with Crippen LogP contribution in [0.1, 0.15) is 72.1 Å². The smallest absolute Gasteiger partial charge is 0.341 e. The molecule has 3 rings (SSSR count). The molecule has 1 aliphatic carbocycles. The van der Waals surface area contributed by atoms with Crippen molar-refractivity contribution in [2.24, 2.45) is 5.73 Å². The average molecular weight is 585 g/mol. The summed E-state index contributed by atoms with van der Waals surface area (Å²) in [7, 11) is 0. The number of primary amides is 1. The molecule has 13 heteroatoms. The molecule has 0 radical (unpaired) electrons. The monoisotopic (exact) mass is 584 g/mol. The van der Waals surface area contributed by atoms with Crippen molar-refractivity contribution < 1.29 is 44.0 Å². The molecule has 0 unspecified atom stereocenters. The largest absolute Gasteiger partial charge is 0.508 e. The standard InChI is InChI=1S/C29H36N4O9/c30-28(41)29(10-3-1-4-11-29)33-27(40)23(32-26(39)19-13-20(34)16-21(35)14-19)9-2-5-12-31-25(38)18-7-6-8-22(15-18)42-17-24(36)37/h6-8,13-16,23,34-35H,1-5,9-12,17H2,(H2,30,41)(H,31,38)(H,32,39)(H,33,40)(H,36,37)/t23-/m0/s1. The number of rotatable bonds is 14. The van der Waals surface area contributed by atoms with E-state index in [0.29, 0.717) is 25.7 Å². The maximum absolute atomic E-state index is 13.4. The molecular formula is C29H36N4O9. The molecule has 0 aromatic heterocycles. The number of phenols is 2. The molecule has 226 valence electrons. The summed E-state index contributed by atoms with van der Waals surface area (Å²) in [5, 5.41) is 36.4. The van der Waals surface area contributed by atoms with Crippen LogP contribution in [0.2, 0.25) is 0 Å². The van der Waals surface area contributed by atoms with Gasteiger partial charge in [-0.15, -0.1) is 0 Å². The molecule has 4 amide bonds. The summed E-state index contributed by atoms with van der Waals surface area (Å²) < 4.78 is 5.09. The van der Waals surface area contributed by atoms with Gasteiger partial charge < -0.3 is 41.7 Å². The molecule has 1 atom stereocenters. The number of nitrogens with two attached hydrogens (primary N) is 1. The van der Waals surface area contributed by atoms with Crippen molar-refractivity contribution in [2.45, 2.75) is 62.9 Å². The van der Waals surface area contributed by atoms with Crippen molar-refractivity contribution in [3.63, 3.8) is 0 Å². The molecule has 0 spiro atoms. The van der Waals surface area contributed by atoms with Crippen LogP contribution in [0.15, 0.2) is 42.5 Å². The van der Waals surface area contributed by atoms with E-state index in [1.54, 1.807) is 12.1 Å². The number of nitrogens with one attached hydrogen (secondary N) is 3. The van der Waals surface area contributed by atoms with Crippen LogP contribution in [-0.2, 0) is 14.4 Å². The summed E-state index contributed by atoms with van der Waals surface area (Å²) in [5.74, 6) is -3.90. The number of benzene rings is 2. The zero-order chi connectivity index (χ0) is 30.7. The number of aromatic hydroxyl groups is 2. The van der Waals surface area contributed by atoms with Gasteiger partial charge in [-0.2, -0.15) is 0 Å². The quantitative estimate of drug-likeness (QED) is 0.160. The van der Waals surface area contributed by atoms with E-state index in [-0.39, 0.29) is 41.3 Å². The lowest BCUT2D eigenvalue weighted by molar-refractivity contribution is -0.139. The number of phenolic OH excluding ortho intramolecular Hbond substituents is 2. The number of carboxylic acid groups (broad SMARTS) is 1. The van der Waals surface area contributed by atoms with Gasteiger partial charge in [0.05, 0.1) is 0 Å². The van der Waals surface area contributed by atoms with Crippen molar-refractivity contribution >= 4 is 29.6 Å². The lowest BCUT2D eigenvalue weighted by atomic mass is 9.80. The van der Waals surface area contributed by atoms with Gasteiger partial charge in [-0.3, -0.25) is 19.2 Å². The predicted molar refractivity (Wildman–Crippen MR) is 150 cm³/mol. The van der Waals surface area contributed by atoms with Crippen molar-refractivity contribution in [3.05, 3.63) is 53.6 Å². The zero-order valence-electron chi connectivity index (χ0n) is 23.1. The highest BCUT2D eigenvalue weighted by atomic mass is 16.5. The molecule has 13 nitrogen and oxygen atoms in total. The third-order valence-electron chi connectivity index (χ3n) is 6.99. The van der Waals surface area contributed by atoms with Gasteiger partial charge in [0.1, 0.15) is 28.8 Å². The maximum Gasteiger partial charge on any atom is 0.341 e. The number of unbranched alkanes of at least 4 members (excludes halogenated alkanes) is 1. The molecule has 8 N–H and O–H groups in total. The minimum absolute atomic E-state index is 0.0607. The van der Waals surface area contributed by atoms with E-state index < -0.39 is 47.8 Å². The second-order valence-electron chi connectivity index (χ2n) is 10.2. The fourth-order valence-corrected chi connectivity index (χ4v) is 4.80. The Morgan fingerprint density at radius 3 is 2.24 bits per heavy atom. The second kappa shape index (κ2) is 14.7. The van der Waals surface area contributed by atoms with Crippen LogP contribution in [0.5, 0.6) is 17.2 Å². The number of ether oxygens (including phenoxy) is 1. The number of carboxylic acids is 1. The number of carbonyl (C=O) groups excluding carboxylic acids is 4. The molecule has 2 aromatic carbocycles. The Labute approximate surface area is 242 Å². The minimum atomic E-state index is -1.21. The van der Waals surface area contributed by atoms with Gasteiger partial charge in [0, 0.05) is 23.7 Å². The van der Waals surface area contributed by atoms with Crippen LogP contribution in [0.4, 0.5) is 0 Å². The Bertz CT molecular complexity index is 1290. The number of hydrogen-bond acceptors (Lipinski definition) is 8. The van der Waals surface area contributed by atoms with Crippen LogP contribution < -0.4 is 26.4 Å². The molecule has 1 fully saturated rings. The van der Waals surface area contributed by atoms with Gasteiger partial charge in [0.15, 0.2) is 6.61 Å². The van der Waals surface area contributed by atoms with Crippen LogP contribution in [0, 0.1) is 0 Å². The summed E-state index contributed by atoms with van der Waals surface area (Å²) >= 11 is 0. The Kier molecular flexibility index (Phi) is 11.1. The van der Waals surface area contributed by atoms with E-state index in [4.69, 9.17) is 15.6 Å². The molecule has 0 aliphatic heterocycles. The van der Waals surface area contributed by atoms with E-state index >= 15 is 0 Å². The van der Waals surface area contributed by atoms with Crippen LogP contribution in [0.25, 0.3) is 0 Å². The zero-order valence-corrected chi connectivity index (χ0v) is 23.1.